The van der Waals surface area contributed by atoms with Crippen LogP contribution < -0.4 is 15.1 Å². The fraction of sp³-hybridized carbons (Fsp3) is 0.483. The Labute approximate surface area is 261 Å². The molecule has 2 amide bonds. The molecule has 4 aromatic rings. The van der Waals surface area contributed by atoms with Gasteiger partial charge in [-0.05, 0) is 33.3 Å². The zero-order valence-electron chi connectivity index (χ0n) is 25.5. The number of hydrogen-bond acceptors (Lipinski definition) is 11. The summed E-state index contributed by atoms with van der Waals surface area (Å²) in [6.45, 7) is 8.62. The van der Waals surface area contributed by atoms with Gasteiger partial charge in [-0.3, -0.25) is 9.89 Å². The van der Waals surface area contributed by atoms with Gasteiger partial charge in [-0.25, -0.2) is 33.0 Å². The second-order valence-electron chi connectivity index (χ2n) is 12.5. The van der Waals surface area contributed by atoms with Crippen LogP contribution in [0.3, 0.4) is 0 Å². The summed E-state index contributed by atoms with van der Waals surface area (Å²) in [6, 6.07) is 2.05. The van der Waals surface area contributed by atoms with Gasteiger partial charge in [0, 0.05) is 56.9 Å². The summed E-state index contributed by atoms with van der Waals surface area (Å²) in [5.74, 6) is 0.434. The van der Waals surface area contributed by atoms with Crippen LogP contribution >= 0.6 is 0 Å². The number of aromatic amines is 1. The van der Waals surface area contributed by atoms with Gasteiger partial charge in [0.1, 0.15) is 28.4 Å². The lowest BCUT2D eigenvalue weighted by Crippen LogP contribution is -2.50. The van der Waals surface area contributed by atoms with Crippen molar-refractivity contribution in [1.82, 2.24) is 39.7 Å². The van der Waals surface area contributed by atoms with Crippen molar-refractivity contribution in [2.24, 2.45) is 0 Å². The highest BCUT2D eigenvalue weighted by Crippen LogP contribution is 2.35. The number of anilines is 3. The lowest BCUT2D eigenvalue weighted by molar-refractivity contribution is 0.0240. The smallest absolute Gasteiger partial charge is 0.410 e. The Hall–Kier alpha value is -4.93. The SMILES string of the molecule is CC(C)(C)OC(=O)N1CCN(c2ncc(-c3n[nH]c(C(F)F)c3NC(=O)c3cnn4ccc(N5C[C@H]6C[C@@H]5CO6)nc34)cn2)CC1. The maximum Gasteiger partial charge on any atom is 0.410 e. The number of aromatic nitrogens is 7. The molecule has 4 aromatic heterocycles. The van der Waals surface area contributed by atoms with Crippen LogP contribution in [0.4, 0.5) is 31.0 Å². The molecule has 0 aromatic carbocycles. The fourth-order valence-electron chi connectivity index (χ4n) is 5.91. The molecule has 3 saturated heterocycles. The molecule has 7 rings (SSSR count). The molecule has 2 N–H and O–H groups in total. The predicted molar refractivity (Wildman–Crippen MR) is 161 cm³/mol. The van der Waals surface area contributed by atoms with E-state index in [1.165, 1.54) is 23.1 Å². The van der Waals surface area contributed by atoms with Gasteiger partial charge in [-0.2, -0.15) is 10.2 Å². The number of nitrogens with one attached hydrogen (secondary N) is 2. The van der Waals surface area contributed by atoms with Crippen molar-refractivity contribution in [3.63, 3.8) is 0 Å². The third-order valence-corrected chi connectivity index (χ3v) is 8.17. The van der Waals surface area contributed by atoms with Crippen molar-refractivity contribution in [2.45, 2.75) is 51.4 Å². The van der Waals surface area contributed by atoms with E-state index in [4.69, 9.17) is 14.5 Å². The van der Waals surface area contributed by atoms with E-state index in [0.717, 1.165) is 6.42 Å². The van der Waals surface area contributed by atoms with Crippen LogP contribution in [-0.2, 0) is 9.47 Å². The third-order valence-electron chi connectivity index (χ3n) is 8.17. The largest absolute Gasteiger partial charge is 0.444 e. The Morgan fingerprint density at radius 1 is 1.13 bits per heavy atom. The van der Waals surface area contributed by atoms with Gasteiger partial charge < -0.3 is 29.5 Å². The molecule has 3 aliphatic heterocycles. The Balaban J connectivity index is 1.08. The predicted octanol–water partition coefficient (Wildman–Crippen LogP) is 3.13. The maximum atomic E-state index is 14.0. The van der Waals surface area contributed by atoms with Crippen molar-refractivity contribution < 1.29 is 27.8 Å². The minimum atomic E-state index is -2.94. The molecule has 242 valence electrons. The number of rotatable bonds is 6. The van der Waals surface area contributed by atoms with Gasteiger partial charge in [-0.1, -0.05) is 0 Å². The van der Waals surface area contributed by atoms with Gasteiger partial charge in [0.15, 0.2) is 5.65 Å². The lowest BCUT2D eigenvalue weighted by atomic mass is 10.1. The molecule has 2 bridgehead atoms. The second kappa shape index (κ2) is 11.5. The summed E-state index contributed by atoms with van der Waals surface area (Å²) in [5, 5.41) is 13.2. The number of alkyl halides is 2. The van der Waals surface area contributed by atoms with Gasteiger partial charge in [0.05, 0.1) is 30.6 Å². The van der Waals surface area contributed by atoms with Crippen LogP contribution in [0.15, 0.2) is 30.9 Å². The molecule has 3 aliphatic rings. The van der Waals surface area contributed by atoms with Crippen LogP contribution in [0.25, 0.3) is 16.9 Å². The van der Waals surface area contributed by atoms with Crippen LogP contribution in [0.1, 0.15) is 49.7 Å². The fourth-order valence-corrected chi connectivity index (χ4v) is 5.91. The number of carbonyl (C=O) groups is 2. The number of nitrogens with zero attached hydrogens (tertiary/aromatic N) is 9. The molecule has 46 heavy (non-hydrogen) atoms. The van der Waals surface area contributed by atoms with Crippen LogP contribution in [0.5, 0.6) is 0 Å². The molecule has 0 saturated carbocycles. The van der Waals surface area contributed by atoms with E-state index in [0.29, 0.717) is 62.3 Å². The first-order valence-electron chi connectivity index (χ1n) is 15.0. The molecule has 0 unspecified atom stereocenters. The standard InChI is InChI=1S/C29H33F2N11O4/c1-29(2,3)46-28(44)40-8-6-39(7-9-40)27-32-11-16(12-33-27)21-22(23(24(30)31)38-37-21)36-26(43)19-13-34-42-5-4-20(35-25(19)42)41-14-18-10-17(41)15-45-18/h4-5,11-13,17-18,24H,6-10,14-15H2,1-3H3,(H,36,43)(H,37,38)/t17-,18-/m1/s1. The van der Waals surface area contributed by atoms with Crippen molar-refractivity contribution in [3.05, 3.63) is 42.1 Å². The molecule has 0 radical (unpaired) electrons. The number of carbonyl (C=O) groups excluding carboxylic acids is 2. The molecule has 7 heterocycles. The monoisotopic (exact) mass is 637 g/mol. The number of halogens is 2. The first-order valence-corrected chi connectivity index (χ1v) is 15.0. The number of hydrogen-bond donors (Lipinski definition) is 2. The summed E-state index contributed by atoms with van der Waals surface area (Å²) in [6.07, 6.45) is 3.75. The molecule has 0 spiro atoms. The average Bonchev–Trinajstić information content (AvgIpc) is 3.84. The topological polar surface area (TPSA) is 159 Å². The van der Waals surface area contributed by atoms with E-state index in [2.05, 4.69) is 35.5 Å². The summed E-state index contributed by atoms with van der Waals surface area (Å²) in [5.41, 5.74) is -0.535. The Morgan fingerprint density at radius 3 is 2.54 bits per heavy atom. The first kappa shape index (κ1) is 29.8. The highest BCUT2D eigenvalue weighted by atomic mass is 19.3. The highest BCUT2D eigenvalue weighted by molar-refractivity contribution is 6.09. The van der Waals surface area contributed by atoms with E-state index < -0.39 is 23.6 Å². The Bertz CT molecular complexity index is 1760. The second-order valence-corrected chi connectivity index (χ2v) is 12.5. The average molecular weight is 638 g/mol. The van der Waals surface area contributed by atoms with E-state index in [1.54, 1.807) is 11.1 Å². The van der Waals surface area contributed by atoms with Crippen molar-refractivity contribution >= 4 is 35.1 Å². The molecular weight excluding hydrogens is 604 g/mol. The zero-order valence-corrected chi connectivity index (χ0v) is 25.5. The minimum absolute atomic E-state index is 0.0585. The number of ether oxygens (including phenoxy) is 2. The highest BCUT2D eigenvalue weighted by Gasteiger charge is 2.40. The molecule has 17 heteroatoms. The van der Waals surface area contributed by atoms with Crippen LogP contribution in [0.2, 0.25) is 0 Å². The van der Waals surface area contributed by atoms with Gasteiger partial charge >= 0.3 is 6.09 Å². The molecule has 0 aliphatic carbocycles. The normalized spacial score (nSPS) is 19.8. The summed E-state index contributed by atoms with van der Waals surface area (Å²) >= 11 is 0. The molecule has 2 atom stereocenters. The first-order chi connectivity index (χ1) is 22.0. The summed E-state index contributed by atoms with van der Waals surface area (Å²) in [4.78, 5) is 45.2. The van der Waals surface area contributed by atoms with E-state index in [1.807, 2.05) is 31.7 Å². The number of fused-ring (bicyclic) bond motifs is 3. The lowest BCUT2D eigenvalue weighted by Gasteiger charge is -2.35. The molecule has 3 fully saturated rings. The summed E-state index contributed by atoms with van der Waals surface area (Å²) in [7, 11) is 0. The van der Waals surface area contributed by atoms with Gasteiger partial charge in [0.25, 0.3) is 12.3 Å². The summed E-state index contributed by atoms with van der Waals surface area (Å²) < 4.78 is 40.7. The third kappa shape index (κ3) is 5.65. The van der Waals surface area contributed by atoms with Crippen molar-refractivity contribution in [3.8, 4) is 11.3 Å². The molecular formula is C29H33F2N11O4. The van der Waals surface area contributed by atoms with Gasteiger partial charge in [0.2, 0.25) is 5.95 Å². The Kier molecular flexibility index (Phi) is 7.41. The van der Waals surface area contributed by atoms with E-state index >= 15 is 0 Å². The number of morpholine rings is 1. The minimum Gasteiger partial charge on any atom is -0.444 e. The van der Waals surface area contributed by atoms with Crippen LogP contribution in [0, 0.1) is 0 Å². The number of piperazine rings is 1. The quantitative estimate of drug-likeness (QED) is 0.320. The van der Waals surface area contributed by atoms with Gasteiger partial charge in [-0.15, -0.1) is 0 Å². The maximum absolute atomic E-state index is 14.0. The van der Waals surface area contributed by atoms with Crippen molar-refractivity contribution in [1.29, 1.82) is 0 Å². The van der Waals surface area contributed by atoms with E-state index in [9.17, 15) is 18.4 Å². The molecule has 15 nitrogen and oxygen atoms in total. The number of H-pyrrole nitrogens is 1. The van der Waals surface area contributed by atoms with Crippen molar-refractivity contribution in [2.75, 3.05) is 54.4 Å². The van der Waals surface area contributed by atoms with Crippen LogP contribution in [-0.4, -0.2) is 109 Å². The Morgan fingerprint density at radius 2 is 1.89 bits per heavy atom. The number of amides is 2. The van der Waals surface area contributed by atoms with E-state index in [-0.39, 0.29) is 35.2 Å². The zero-order chi connectivity index (χ0) is 32.2.